The SMILES string of the molecule is COc1ccc(CC(=O)N2CCN(c3ccc(N(C)C)nn3)CC2)cc1. The molecule has 1 saturated heterocycles. The number of benzene rings is 1. The fourth-order valence-corrected chi connectivity index (χ4v) is 2.94. The van der Waals surface area contributed by atoms with E-state index in [9.17, 15) is 4.79 Å². The number of ether oxygens (including phenoxy) is 1. The highest BCUT2D eigenvalue weighted by Gasteiger charge is 2.22. The molecule has 0 bridgehead atoms. The molecule has 0 spiro atoms. The normalized spacial score (nSPS) is 14.3. The number of hydrogen-bond donors (Lipinski definition) is 0. The first-order valence-corrected chi connectivity index (χ1v) is 8.73. The largest absolute Gasteiger partial charge is 0.497 e. The third-order valence-electron chi connectivity index (χ3n) is 4.57. The lowest BCUT2D eigenvalue weighted by molar-refractivity contribution is -0.130. The monoisotopic (exact) mass is 355 g/mol. The molecule has 2 heterocycles. The molecule has 1 aliphatic rings. The number of methoxy groups -OCH3 is 1. The summed E-state index contributed by atoms with van der Waals surface area (Å²) in [4.78, 5) is 18.5. The van der Waals surface area contributed by atoms with Gasteiger partial charge in [0.05, 0.1) is 13.5 Å². The summed E-state index contributed by atoms with van der Waals surface area (Å²) in [6.07, 6.45) is 0.418. The minimum Gasteiger partial charge on any atom is -0.497 e. The van der Waals surface area contributed by atoms with E-state index >= 15 is 0 Å². The quantitative estimate of drug-likeness (QED) is 0.809. The number of nitrogens with zero attached hydrogens (tertiary/aromatic N) is 5. The summed E-state index contributed by atoms with van der Waals surface area (Å²) in [6.45, 7) is 2.94. The second kappa shape index (κ2) is 8.03. The number of carbonyl (C=O) groups excluding carboxylic acids is 1. The van der Waals surface area contributed by atoms with Crippen LogP contribution in [0.2, 0.25) is 0 Å². The Hall–Kier alpha value is -2.83. The fraction of sp³-hybridized carbons (Fsp3) is 0.421. The molecule has 2 aromatic rings. The number of hydrogen-bond acceptors (Lipinski definition) is 6. The average molecular weight is 355 g/mol. The van der Waals surface area contributed by atoms with Crippen LogP contribution in [-0.2, 0) is 11.2 Å². The van der Waals surface area contributed by atoms with Crippen LogP contribution in [-0.4, -0.2) is 68.4 Å². The maximum Gasteiger partial charge on any atom is 0.227 e. The van der Waals surface area contributed by atoms with Crippen molar-refractivity contribution in [1.29, 1.82) is 0 Å². The third kappa shape index (κ3) is 4.22. The van der Waals surface area contributed by atoms with E-state index in [4.69, 9.17) is 4.74 Å². The molecule has 138 valence electrons. The van der Waals surface area contributed by atoms with Gasteiger partial charge < -0.3 is 19.4 Å². The van der Waals surface area contributed by atoms with Crippen molar-refractivity contribution in [3.05, 3.63) is 42.0 Å². The van der Waals surface area contributed by atoms with E-state index in [1.165, 1.54) is 0 Å². The van der Waals surface area contributed by atoms with Crippen molar-refractivity contribution in [3.8, 4) is 5.75 Å². The molecule has 0 N–H and O–H groups in total. The molecule has 0 saturated carbocycles. The Morgan fingerprint density at radius 2 is 1.73 bits per heavy atom. The molecule has 0 aliphatic carbocycles. The van der Waals surface area contributed by atoms with Crippen LogP contribution in [0.25, 0.3) is 0 Å². The summed E-state index contributed by atoms with van der Waals surface area (Å²) in [5.74, 6) is 2.65. The van der Waals surface area contributed by atoms with Gasteiger partial charge in [-0.25, -0.2) is 0 Å². The zero-order valence-corrected chi connectivity index (χ0v) is 15.6. The molecule has 1 fully saturated rings. The van der Waals surface area contributed by atoms with Gasteiger partial charge in [-0.2, -0.15) is 0 Å². The summed E-state index contributed by atoms with van der Waals surface area (Å²) >= 11 is 0. The zero-order chi connectivity index (χ0) is 18.5. The van der Waals surface area contributed by atoms with Gasteiger partial charge in [0, 0.05) is 40.3 Å². The number of aromatic nitrogens is 2. The lowest BCUT2D eigenvalue weighted by Gasteiger charge is -2.35. The summed E-state index contributed by atoms with van der Waals surface area (Å²) in [6, 6.07) is 11.6. The minimum absolute atomic E-state index is 0.156. The van der Waals surface area contributed by atoms with Crippen molar-refractivity contribution in [1.82, 2.24) is 15.1 Å². The van der Waals surface area contributed by atoms with Crippen molar-refractivity contribution in [2.24, 2.45) is 0 Å². The molecule has 3 rings (SSSR count). The topological polar surface area (TPSA) is 61.8 Å². The second-order valence-corrected chi connectivity index (χ2v) is 6.54. The molecular weight excluding hydrogens is 330 g/mol. The third-order valence-corrected chi connectivity index (χ3v) is 4.57. The Kier molecular flexibility index (Phi) is 5.55. The lowest BCUT2D eigenvalue weighted by atomic mass is 10.1. The highest BCUT2D eigenvalue weighted by molar-refractivity contribution is 5.79. The number of piperazine rings is 1. The predicted octanol–water partition coefficient (Wildman–Crippen LogP) is 1.44. The number of carbonyl (C=O) groups is 1. The molecule has 1 aromatic heterocycles. The van der Waals surface area contributed by atoms with Gasteiger partial charge in [0.2, 0.25) is 5.91 Å². The smallest absolute Gasteiger partial charge is 0.227 e. The van der Waals surface area contributed by atoms with Gasteiger partial charge >= 0.3 is 0 Å². The molecule has 0 radical (unpaired) electrons. The van der Waals surface area contributed by atoms with Crippen LogP contribution in [0.1, 0.15) is 5.56 Å². The first-order valence-electron chi connectivity index (χ1n) is 8.73. The van der Waals surface area contributed by atoms with Crippen molar-refractivity contribution < 1.29 is 9.53 Å². The van der Waals surface area contributed by atoms with E-state index in [1.54, 1.807) is 7.11 Å². The number of anilines is 2. The lowest BCUT2D eigenvalue weighted by Crippen LogP contribution is -2.49. The van der Waals surface area contributed by atoms with E-state index in [2.05, 4.69) is 15.1 Å². The molecule has 1 amide bonds. The van der Waals surface area contributed by atoms with Crippen LogP contribution < -0.4 is 14.5 Å². The molecule has 0 unspecified atom stereocenters. The van der Waals surface area contributed by atoms with Crippen LogP contribution in [0.5, 0.6) is 5.75 Å². The Morgan fingerprint density at radius 1 is 1.04 bits per heavy atom. The number of rotatable bonds is 5. The highest BCUT2D eigenvalue weighted by Crippen LogP contribution is 2.17. The highest BCUT2D eigenvalue weighted by atomic mass is 16.5. The van der Waals surface area contributed by atoms with Gasteiger partial charge in [0.25, 0.3) is 0 Å². The van der Waals surface area contributed by atoms with E-state index in [0.29, 0.717) is 19.5 Å². The Bertz CT molecular complexity index is 723. The zero-order valence-electron chi connectivity index (χ0n) is 15.6. The van der Waals surface area contributed by atoms with Crippen LogP contribution in [0.3, 0.4) is 0 Å². The van der Waals surface area contributed by atoms with Crippen molar-refractivity contribution in [2.75, 3.05) is 57.2 Å². The Morgan fingerprint density at radius 3 is 2.27 bits per heavy atom. The van der Waals surface area contributed by atoms with Crippen molar-refractivity contribution in [2.45, 2.75) is 6.42 Å². The Balaban J connectivity index is 1.53. The maximum atomic E-state index is 12.5. The van der Waals surface area contributed by atoms with Gasteiger partial charge in [-0.3, -0.25) is 4.79 Å². The van der Waals surface area contributed by atoms with Gasteiger partial charge in [-0.1, -0.05) is 12.1 Å². The molecule has 0 atom stereocenters. The van der Waals surface area contributed by atoms with Crippen molar-refractivity contribution in [3.63, 3.8) is 0 Å². The van der Waals surface area contributed by atoms with Crippen LogP contribution in [0.15, 0.2) is 36.4 Å². The molecule has 1 aromatic carbocycles. The molecule has 26 heavy (non-hydrogen) atoms. The van der Waals surface area contributed by atoms with E-state index in [-0.39, 0.29) is 5.91 Å². The van der Waals surface area contributed by atoms with Gasteiger partial charge in [-0.05, 0) is 29.8 Å². The molecule has 7 nitrogen and oxygen atoms in total. The van der Waals surface area contributed by atoms with Gasteiger partial charge in [-0.15, -0.1) is 10.2 Å². The standard InChI is InChI=1S/C19H25N5O2/c1-22(2)17-8-9-18(21-20-17)23-10-12-24(13-11-23)19(25)14-15-4-6-16(26-3)7-5-15/h4-9H,10-14H2,1-3H3. The Labute approximate surface area is 154 Å². The number of amides is 1. The summed E-state index contributed by atoms with van der Waals surface area (Å²) in [7, 11) is 5.52. The van der Waals surface area contributed by atoms with E-state index in [0.717, 1.165) is 36.0 Å². The predicted molar refractivity (Wildman–Crippen MR) is 102 cm³/mol. The minimum atomic E-state index is 0.156. The van der Waals surface area contributed by atoms with Crippen LogP contribution in [0, 0.1) is 0 Å². The second-order valence-electron chi connectivity index (χ2n) is 6.54. The average Bonchev–Trinajstić information content (AvgIpc) is 2.69. The van der Waals surface area contributed by atoms with E-state index < -0.39 is 0 Å². The molecule has 1 aliphatic heterocycles. The van der Waals surface area contributed by atoms with Gasteiger partial charge in [0.1, 0.15) is 5.75 Å². The summed E-state index contributed by atoms with van der Waals surface area (Å²) in [5, 5.41) is 8.52. The fourth-order valence-electron chi connectivity index (χ4n) is 2.94. The maximum absolute atomic E-state index is 12.5. The van der Waals surface area contributed by atoms with Crippen LogP contribution in [0.4, 0.5) is 11.6 Å². The van der Waals surface area contributed by atoms with Crippen molar-refractivity contribution >= 4 is 17.5 Å². The first kappa shape index (κ1) is 18.0. The van der Waals surface area contributed by atoms with E-state index in [1.807, 2.05) is 60.3 Å². The first-order chi connectivity index (χ1) is 12.6. The molecule has 7 heteroatoms. The summed E-state index contributed by atoms with van der Waals surface area (Å²) in [5.41, 5.74) is 1.00. The molecular formula is C19H25N5O2. The van der Waals surface area contributed by atoms with Crippen LogP contribution >= 0.6 is 0 Å². The van der Waals surface area contributed by atoms with Gasteiger partial charge in [0.15, 0.2) is 11.6 Å². The summed E-state index contributed by atoms with van der Waals surface area (Å²) < 4.78 is 5.15.